The first kappa shape index (κ1) is 17.3. The van der Waals surface area contributed by atoms with Crippen molar-refractivity contribution in [1.82, 2.24) is 5.32 Å². The Morgan fingerprint density at radius 1 is 1.27 bits per heavy atom. The van der Waals surface area contributed by atoms with E-state index in [4.69, 9.17) is 11.6 Å². The fourth-order valence-corrected chi connectivity index (χ4v) is 4.22. The molecule has 0 aliphatic heterocycles. The first-order valence-corrected chi connectivity index (χ1v) is 9.67. The highest BCUT2D eigenvalue weighted by molar-refractivity contribution is 7.91. The molecular formula is C16H22ClNO3S. The zero-order valence-corrected chi connectivity index (χ0v) is 14.3. The van der Waals surface area contributed by atoms with Crippen LogP contribution in [0.15, 0.2) is 29.2 Å². The van der Waals surface area contributed by atoms with E-state index in [9.17, 15) is 13.2 Å². The predicted molar refractivity (Wildman–Crippen MR) is 87.7 cm³/mol. The molecular weight excluding hydrogens is 322 g/mol. The molecule has 1 aliphatic rings. The van der Waals surface area contributed by atoms with Gasteiger partial charge in [0.25, 0.3) is 0 Å². The van der Waals surface area contributed by atoms with Crippen LogP contribution in [0.5, 0.6) is 0 Å². The summed E-state index contributed by atoms with van der Waals surface area (Å²) in [5, 5.41) is 3.45. The van der Waals surface area contributed by atoms with Crippen molar-refractivity contribution in [1.29, 1.82) is 0 Å². The fraction of sp³-hybridized carbons (Fsp3) is 0.562. The summed E-state index contributed by atoms with van der Waals surface area (Å²) in [5.74, 6) is 0.261. The Hall–Kier alpha value is -1.07. The van der Waals surface area contributed by atoms with Gasteiger partial charge in [0, 0.05) is 17.5 Å². The lowest BCUT2D eigenvalue weighted by Crippen LogP contribution is -2.38. The van der Waals surface area contributed by atoms with E-state index in [1.54, 1.807) is 0 Å². The molecule has 1 aliphatic carbocycles. The molecule has 0 aromatic heterocycles. The first-order chi connectivity index (χ1) is 10.4. The maximum Gasteiger partial charge on any atom is 0.221 e. The van der Waals surface area contributed by atoms with Gasteiger partial charge in [-0.1, -0.05) is 31.4 Å². The quantitative estimate of drug-likeness (QED) is 0.893. The van der Waals surface area contributed by atoms with E-state index in [0.717, 1.165) is 19.3 Å². The van der Waals surface area contributed by atoms with E-state index in [0.29, 0.717) is 10.9 Å². The molecule has 1 saturated carbocycles. The molecule has 2 unspecified atom stereocenters. The monoisotopic (exact) mass is 343 g/mol. The second-order valence-electron chi connectivity index (χ2n) is 6.06. The number of carbonyl (C=O) groups is 1. The van der Waals surface area contributed by atoms with Gasteiger partial charge in [-0.15, -0.1) is 0 Å². The van der Waals surface area contributed by atoms with Gasteiger partial charge in [0.15, 0.2) is 9.84 Å². The SMILES string of the molecule is CC1CCCC(NC(=O)CCS(=O)(=O)c2ccc(Cl)cc2)C1. The Bertz CT molecular complexity index is 613. The molecule has 1 N–H and O–H groups in total. The van der Waals surface area contributed by atoms with Crippen molar-refractivity contribution in [3.8, 4) is 0 Å². The Balaban J connectivity index is 1.86. The minimum Gasteiger partial charge on any atom is -0.353 e. The van der Waals surface area contributed by atoms with Gasteiger partial charge >= 0.3 is 0 Å². The van der Waals surface area contributed by atoms with Crippen molar-refractivity contribution < 1.29 is 13.2 Å². The van der Waals surface area contributed by atoms with Crippen LogP contribution in [-0.2, 0) is 14.6 Å². The van der Waals surface area contributed by atoms with Gasteiger partial charge in [-0.2, -0.15) is 0 Å². The summed E-state index contributed by atoms with van der Waals surface area (Å²) in [6.45, 7) is 2.18. The highest BCUT2D eigenvalue weighted by atomic mass is 35.5. The molecule has 0 spiro atoms. The number of rotatable bonds is 5. The average Bonchev–Trinajstić information content (AvgIpc) is 2.46. The van der Waals surface area contributed by atoms with Crippen LogP contribution in [0.3, 0.4) is 0 Å². The summed E-state index contributed by atoms with van der Waals surface area (Å²) in [7, 11) is -3.44. The predicted octanol–water partition coefficient (Wildman–Crippen LogP) is 3.20. The number of nitrogens with one attached hydrogen (secondary N) is 1. The third-order valence-electron chi connectivity index (χ3n) is 4.07. The lowest BCUT2D eigenvalue weighted by atomic mass is 9.87. The van der Waals surface area contributed by atoms with Crippen molar-refractivity contribution in [2.24, 2.45) is 5.92 Å². The van der Waals surface area contributed by atoms with E-state index in [2.05, 4.69) is 12.2 Å². The lowest BCUT2D eigenvalue weighted by molar-refractivity contribution is -0.121. The Kier molecular flexibility index (Phi) is 5.87. The van der Waals surface area contributed by atoms with E-state index < -0.39 is 9.84 Å². The van der Waals surface area contributed by atoms with Gasteiger partial charge in [0.05, 0.1) is 10.6 Å². The molecule has 0 radical (unpaired) electrons. The minimum absolute atomic E-state index is 0.00413. The summed E-state index contributed by atoms with van der Waals surface area (Å²) in [6.07, 6.45) is 4.29. The van der Waals surface area contributed by atoms with Crippen LogP contribution in [0.2, 0.25) is 5.02 Å². The Labute approximate surface area is 137 Å². The van der Waals surface area contributed by atoms with Crippen LogP contribution in [0, 0.1) is 5.92 Å². The van der Waals surface area contributed by atoms with Crippen molar-refractivity contribution in [3.05, 3.63) is 29.3 Å². The maximum atomic E-state index is 12.2. The molecule has 1 amide bonds. The molecule has 4 nitrogen and oxygen atoms in total. The zero-order valence-electron chi connectivity index (χ0n) is 12.7. The second-order valence-corrected chi connectivity index (χ2v) is 8.60. The molecule has 1 fully saturated rings. The fourth-order valence-electron chi connectivity index (χ4n) is 2.85. The van der Waals surface area contributed by atoms with Crippen LogP contribution in [-0.4, -0.2) is 26.1 Å². The minimum atomic E-state index is -3.44. The molecule has 6 heteroatoms. The normalized spacial score (nSPS) is 22.3. The van der Waals surface area contributed by atoms with Crippen LogP contribution in [0.25, 0.3) is 0 Å². The van der Waals surface area contributed by atoms with Crippen molar-refractivity contribution in [2.45, 2.75) is 50.0 Å². The van der Waals surface area contributed by atoms with Gasteiger partial charge in [0.2, 0.25) is 5.91 Å². The second kappa shape index (κ2) is 7.47. The molecule has 0 saturated heterocycles. The van der Waals surface area contributed by atoms with Crippen LogP contribution >= 0.6 is 11.6 Å². The highest BCUT2D eigenvalue weighted by Crippen LogP contribution is 2.23. The van der Waals surface area contributed by atoms with E-state index in [-0.39, 0.29) is 29.0 Å². The van der Waals surface area contributed by atoms with Crippen LogP contribution in [0.1, 0.15) is 39.0 Å². The summed E-state index contributed by atoms with van der Waals surface area (Å²) >= 11 is 5.75. The van der Waals surface area contributed by atoms with Crippen molar-refractivity contribution in [2.75, 3.05) is 5.75 Å². The largest absolute Gasteiger partial charge is 0.353 e. The van der Waals surface area contributed by atoms with Gasteiger partial charge in [0.1, 0.15) is 0 Å². The summed E-state index contributed by atoms with van der Waals surface area (Å²) in [6, 6.07) is 6.21. The molecule has 1 aromatic carbocycles. The number of hydrogen-bond acceptors (Lipinski definition) is 3. The standard InChI is InChI=1S/C16H22ClNO3S/c1-12-3-2-4-14(11-12)18-16(19)9-10-22(20,21)15-7-5-13(17)6-8-15/h5-8,12,14H,2-4,9-11H2,1H3,(H,18,19). The summed E-state index contributed by atoms with van der Waals surface area (Å²) in [4.78, 5) is 12.2. The highest BCUT2D eigenvalue weighted by Gasteiger charge is 2.22. The smallest absolute Gasteiger partial charge is 0.221 e. The third kappa shape index (κ3) is 4.99. The Morgan fingerprint density at radius 3 is 2.59 bits per heavy atom. The molecule has 122 valence electrons. The van der Waals surface area contributed by atoms with Crippen molar-refractivity contribution >= 4 is 27.3 Å². The van der Waals surface area contributed by atoms with Crippen LogP contribution < -0.4 is 5.32 Å². The van der Waals surface area contributed by atoms with E-state index in [1.807, 2.05) is 0 Å². The number of sulfone groups is 1. The van der Waals surface area contributed by atoms with Crippen molar-refractivity contribution in [3.63, 3.8) is 0 Å². The van der Waals surface area contributed by atoms with Crippen LogP contribution in [0.4, 0.5) is 0 Å². The topological polar surface area (TPSA) is 63.2 Å². The summed E-state index contributed by atoms with van der Waals surface area (Å²) in [5.41, 5.74) is 0. The van der Waals surface area contributed by atoms with Gasteiger partial charge < -0.3 is 5.32 Å². The van der Waals surface area contributed by atoms with E-state index in [1.165, 1.54) is 30.7 Å². The first-order valence-electron chi connectivity index (χ1n) is 7.64. The average molecular weight is 344 g/mol. The Morgan fingerprint density at radius 2 is 1.95 bits per heavy atom. The van der Waals surface area contributed by atoms with E-state index >= 15 is 0 Å². The summed E-state index contributed by atoms with van der Waals surface area (Å²) < 4.78 is 24.3. The molecule has 2 atom stereocenters. The van der Waals surface area contributed by atoms with Gasteiger partial charge in [-0.05, 0) is 43.0 Å². The lowest BCUT2D eigenvalue weighted by Gasteiger charge is -2.27. The number of amides is 1. The molecule has 0 bridgehead atoms. The zero-order chi connectivity index (χ0) is 16.2. The number of halogens is 1. The molecule has 1 aromatic rings. The number of hydrogen-bond donors (Lipinski definition) is 1. The molecule has 22 heavy (non-hydrogen) atoms. The maximum absolute atomic E-state index is 12.2. The molecule has 0 heterocycles. The van der Waals surface area contributed by atoms with Gasteiger partial charge in [-0.3, -0.25) is 4.79 Å². The number of carbonyl (C=O) groups excluding carboxylic acids is 1. The third-order valence-corrected chi connectivity index (χ3v) is 6.06. The van der Waals surface area contributed by atoms with Gasteiger partial charge in [-0.25, -0.2) is 8.42 Å². The molecule has 2 rings (SSSR count). The number of benzene rings is 1.